The van der Waals surface area contributed by atoms with Crippen molar-refractivity contribution in [2.24, 2.45) is 0 Å². The highest BCUT2D eigenvalue weighted by atomic mass is 16.5. The molecule has 0 spiro atoms. The molecule has 33 heavy (non-hydrogen) atoms. The monoisotopic (exact) mass is 448 g/mol. The normalized spacial score (nSPS) is 13.8. The van der Waals surface area contributed by atoms with Gasteiger partial charge in [-0.15, -0.1) is 0 Å². The lowest BCUT2D eigenvalue weighted by atomic mass is 10.1. The molecule has 0 bridgehead atoms. The first-order valence-corrected chi connectivity index (χ1v) is 11.3. The fraction of sp³-hybridized carbons (Fsp3) is 0.360. The van der Waals surface area contributed by atoms with Crippen LogP contribution in [0.25, 0.3) is 10.8 Å². The summed E-state index contributed by atoms with van der Waals surface area (Å²) in [4.78, 5) is 40.0. The Hall–Kier alpha value is -3.68. The molecule has 0 unspecified atom stereocenters. The van der Waals surface area contributed by atoms with Crippen LogP contribution in [0.15, 0.2) is 53.3 Å². The van der Waals surface area contributed by atoms with Crippen LogP contribution in [0.5, 0.6) is 0 Å². The molecule has 0 aliphatic carbocycles. The highest BCUT2D eigenvalue weighted by molar-refractivity contribution is 6.03. The molecule has 1 aliphatic heterocycles. The van der Waals surface area contributed by atoms with Gasteiger partial charge in [0.05, 0.1) is 11.4 Å². The van der Waals surface area contributed by atoms with E-state index in [1.165, 1.54) is 23.9 Å². The van der Waals surface area contributed by atoms with E-state index in [1.807, 2.05) is 38.1 Å². The number of carbonyl (C=O) groups is 2. The van der Waals surface area contributed by atoms with Crippen LogP contribution in [0.1, 0.15) is 49.6 Å². The van der Waals surface area contributed by atoms with Crippen LogP contribution in [-0.2, 0) is 9.53 Å². The topological polar surface area (TPSA) is 93.5 Å². The Balaban J connectivity index is 1.42. The van der Waals surface area contributed by atoms with Crippen LogP contribution in [-0.4, -0.2) is 41.4 Å². The third-order valence-electron chi connectivity index (χ3n) is 5.72. The highest BCUT2D eigenvalue weighted by Crippen LogP contribution is 2.22. The smallest absolute Gasteiger partial charge is 0.359 e. The fourth-order valence-electron chi connectivity index (χ4n) is 4.01. The van der Waals surface area contributed by atoms with E-state index >= 15 is 0 Å². The number of piperidine rings is 1. The number of fused-ring (bicyclic) bond motifs is 1. The number of amides is 1. The third kappa shape index (κ3) is 5.05. The van der Waals surface area contributed by atoms with Crippen LogP contribution in [0, 0.1) is 0 Å². The van der Waals surface area contributed by atoms with Crippen molar-refractivity contribution in [2.75, 3.05) is 29.9 Å². The van der Waals surface area contributed by atoms with Gasteiger partial charge in [0.1, 0.15) is 0 Å². The minimum absolute atomic E-state index is 0.0117. The standard InChI is InChI=1S/C25H28N4O4/c1-17(2)29-24(31)21-9-5-4-8-20(21)23(27-29)25(32)33-16-22(30)26-18-10-12-19(13-11-18)28-14-6-3-7-15-28/h4-5,8-13,17H,3,6-7,14-16H2,1-2H3,(H,26,30). The van der Waals surface area contributed by atoms with Crippen molar-refractivity contribution in [3.63, 3.8) is 0 Å². The summed E-state index contributed by atoms with van der Waals surface area (Å²) >= 11 is 0. The molecular formula is C25H28N4O4. The Labute approximate surface area is 192 Å². The number of hydrogen-bond donors (Lipinski definition) is 1. The van der Waals surface area contributed by atoms with Crippen molar-refractivity contribution < 1.29 is 14.3 Å². The average molecular weight is 449 g/mol. The van der Waals surface area contributed by atoms with Crippen molar-refractivity contribution in [1.82, 2.24) is 9.78 Å². The molecule has 0 radical (unpaired) electrons. The number of benzene rings is 2. The Kier molecular flexibility index (Phi) is 6.72. The molecule has 2 heterocycles. The van der Waals surface area contributed by atoms with E-state index in [-0.39, 0.29) is 17.3 Å². The second kappa shape index (κ2) is 9.85. The minimum Gasteiger partial charge on any atom is -0.451 e. The van der Waals surface area contributed by atoms with Gasteiger partial charge in [0.15, 0.2) is 12.3 Å². The summed E-state index contributed by atoms with van der Waals surface area (Å²) < 4.78 is 6.48. The minimum atomic E-state index is -0.754. The van der Waals surface area contributed by atoms with E-state index in [0.717, 1.165) is 18.8 Å². The Morgan fingerprint density at radius 3 is 2.33 bits per heavy atom. The molecule has 1 saturated heterocycles. The SMILES string of the molecule is CC(C)n1nc(C(=O)OCC(=O)Nc2ccc(N3CCCCC3)cc2)c2ccccc2c1=O. The van der Waals surface area contributed by atoms with Gasteiger partial charge in [-0.1, -0.05) is 18.2 Å². The van der Waals surface area contributed by atoms with Crippen LogP contribution < -0.4 is 15.8 Å². The summed E-state index contributed by atoms with van der Waals surface area (Å²) in [6.45, 7) is 5.26. The van der Waals surface area contributed by atoms with Crippen molar-refractivity contribution in [2.45, 2.75) is 39.2 Å². The molecule has 8 nitrogen and oxygen atoms in total. The summed E-state index contributed by atoms with van der Waals surface area (Å²) in [5.74, 6) is -1.20. The molecule has 3 aromatic rings. The molecule has 1 aliphatic rings. The van der Waals surface area contributed by atoms with Crippen LogP contribution >= 0.6 is 0 Å². The van der Waals surface area contributed by atoms with Gasteiger partial charge in [0.25, 0.3) is 11.5 Å². The van der Waals surface area contributed by atoms with E-state index < -0.39 is 18.5 Å². The summed E-state index contributed by atoms with van der Waals surface area (Å²) in [6, 6.07) is 14.2. The maximum absolute atomic E-state index is 12.7. The van der Waals surface area contributed by atoms with Crippen molar-refractivity contribution in [1.29, 1.82) is 0 Å². The first kappa shape index (κ1) is 22.5. The lowest BCUT2D eigenvalue weighted by Gasteiger charge is -2.28. The molecule has 4 rings (SSSR count). The molecule has 1 fully saturated rings. The summed E-state index contributed by atoms with van der Waals surface area (Å²) in [5.41, 5.74) is 1.51. The first-order chi connectivity index (χ1) is 15.9. The Morgan fingerprint density at radius 2 is 1.67 bits per heavy atom. The number of esters is 1. The van der Waals surface area contributed by atoms with Gasteiger partial charge < -0.3 is 15.0 Å². The molecule has 2 aromatic carbocycles. The average Bonchev–Trinajstić information content (AvgIpc) is 2.84. The number of ether oxygens (including phenoxy) is 1. The lowest BCUT2D eigenvalue weighted by Crippen LogP contribution is -2.29. The summed E-state index contributed by atoms with van der Waals surface area (Å²) in [5, 5.41) is 7.74. The van der Waals surface area contributed by atoms with Crippen molar-refractivity contribution in [3.05, 3.63) is 64.6 Å². The van der Waals surface area contributed by atoms with Crippen LogP contribution in [0.2, 0.25) is 0 Å². The largest absolute Gasteiger partial charge is 0.451 e. The molecular weight excluding hydrogens is 420 g/mol. The second-order valence-electron chi connectivity index (χ2n) is 8.46. The molecule has 1 aromatic heterocycles. The van der Waals surface area contributed by atoms with E-state index in [2.05, 4.69) is 15.3 Å². The van der Waals surface area contributed by atoms with Crippen LogP contribution in [0.4, 0.5) is 11.4 Å². The van der Waals surface area contributed by atoms with Gasteiger partial charge in [-0.3, -0.25) is 9.59 Å². The number of hydrogen-bond acceptors (Lipinski definition) is 6. The highest BCUT2D eigenvalue weighted by Gasteiger charge is 2.20. The predicted octanol–water partition coefficient (Wildman–Crippen LogP) is 3.76. The zero-order valence-corrected chi connectivity index (χ0v) is 18.9. The number of rotatable bonds is 6. The molecule has 172 valence electrons. The van der Waals surface area contributed by atoms with Crippen LogP contribution in [0.3, 0.4) is 0 Å². The Bertz CT molecular complexity index is 1210. The van der Waals surface area contributed by atoms with E-state index in [1.54, 1.807) is 24.3 Å². The zero-order chi connectivity index (χ0) is 23.4. The molecule has 1 amide bonds. The molecule has 8 heteroatoms. The maximum Gasteiger partial charge on any atom is 0.359 e. The lowest BCUT2D eigenvalue weighted by molar-refractivity contribution is -0.119. The van der Waals surface area contributed by atoms with Gasteiger partial charge in [-0.2, -0.15) is 5.10 Å². The summed E-state index contributed by atoms with van der Waals surface area (Å²) in [6.07, 6.45) is 3.67. The molecule has 1 N–H and O–H groups in total. The van der Waals surface area contributed by atoms with E-state index in [0.29, 0.717) is 16.5 Å². The van der Waals surface area contributed by atoms with Gasteiger partial charge in [0.2, 0.25) is 0 Å². The van der Waals surface area contributed by atoms with Gasteiger partial charge in [-0.05, 0) is 63.4 Å². The van der Waals surface area contributed by atoms with Gasteiger partial charge in [0, 0.05) is 29.9 Å². The first-order valence-electron chi connectivity index (χ1n) is 11.3. The second-order valence-corrected chi connectivity index (χ2v) is 8.46. The Morgan fingerprint density at radius 1 is 1.00 bits per heavy atom. The number of aromatic nitrogens is 2. The quantitative estimate of drug-likeness (QED) is 0.577. The van der Waals surface area contributed by atoms with Gasteiger partial charge in [-0.25, -0.2) is 9.48 Å². The number of carbonyl (C=O) groups excluding carboxylic acids is 2. The summed E-state index contributed by atoms with van der Waals surface area (Å²) in [7, 11) is 0. The maximum atomic E-state index is 12.7. The van der Waals surface area contributed by atoms with Crippen molar-refractivity contribution in [3.8, 4) is 0 Å². The zero-order valence-electron chi connectivity index (χ0n) is 18.9. The third-order valence-corrected chi connectivity index (χ3v) is 5.72. The van der Waals surface area contributed by atoms with Gasteiger partial charge >= 0.3 is 5.97 Å². The fourth-order valence-corrected chi connectivity index (χ4v) is 4.01. The molecule has 0 saturated carbocycles. The molecule has 0 atom stereocenters. The number of nitrogens with zero attached hydrogens (tertiary/aromatic N) is 3. The van der Waals surface area contributed by atoms with E-state index in [9.17, 15) is 14.4 Å². The predicted molar refractivity (Wildman–Crippen MR) is 128 cm³/mol. The van der Waals surface area contributed by atoms with E-state index in [4.69, 9.17) is 4.74 Å². The van der Waals surface area contributed by atoms with Crippen molar-refractivity contribution >= 4 is 34.0 Å². The number of nitrogens with one attached hydrogen (secondary N) is 1. The number of anilines is 2.